The maximum absolute atomic E-state index is 5.76. The molecule has 0 radical (unpaired) electrons. The lowest BCUT2D eigenvalue weighted by molar-refractivity contribution is 0.641. The molecule has 0 fully saturated rings. The van der Waals surface area contributed by atoms with Crippen LogP contribution in [0.15, 0.2) is 18.5 Å². The zero-order valence-corrected chi connectivity index (χ0v) is 8.09. The number of unbranched alkanes of at least 4 members (excludes halogenated alkanes) is 1. The molecule has 0 saturated carbocycles. The normalized spacial score (nSPS) is 10.2. The van der Waals surface area contributed by atoms with Crippen LogP contribution in [-0.4, -0.2) is 11.5 Å². The second-order valence-corrected chi connectivity index (χ2v) is 3.10. The van der Waals surface area contributed by atoms with Gasteiger partial charge < -0.3 is 11.1 Å². The Hall–Kier alpha value is -1.09. The standard InChI is InChI=1S/C10H17N3/c1-2-3-5-12-7-9-8-13-6-4-10(9)11/h4,6,8,12H,2-3,5,7H2,1H3,(H2,11,13). The first-order valence-electron chi connectivity index (χ1n) is 4.73. The van der Waals surface area contributed by atoms with Gasteiger partial charge in [-0.25, -0.2) is 0 Å². The van der Waals surface area contributed by atoms with E-state index in [9.17, 15) is 0 Å². The highest BCUT2D eigenvalue weighted by molar-refractivity contribution is 5.44. The molecule has 0 saturated heterocycles. The van der Waals surface area contributed by atoms with Crippen LogP contribution in [0.1, 0.15) is 25.3 Å². The van der Waals surface area contributed by atoms with Gasteiger partial charge in [0.15, 0.2) is 0 Å². The molecule has 0 aliphatic heterocycles. The summed E-state index contributed by atoms with van der Waals surface area (Å²) in [5, 5.41) is 3.32. The van der Waals surface area contributed by atoms with Gasteiger partial charge in [-0.1, -0.05) is 13.3 Å². The summed E-state index contributed by atoms with van der Waals surface area (Å²) in [6.07, 6.45) is 5.95. The highest BCUT2D eigenvalue weighted by Crippen LogP contribution is 2.07. The van der Waals surface area contributed by atoms with Crippen molar-refractivity contribution in [3.63, 3.8) is 0 Å². The monoisotopic (exact) mass is 179 g/mol. The van der Waals surface area contributed by atoms with Crippen molar-refractivity contribution >= 4 is 5.69 Å². The molecule has 1 aromatic heterocycles. The van der Waals surface area contributed by atoms with Crippen LogP contribution in [0.25, 0.3) is 0 Å². The molecule has 3 nitrogen and oxygen atoms in total. The van der Waals surface area contributed by atoms with Gasteiger partial charge in [-0.15, -0.1) is 0 Å². The maximum atomic E-state index is 5.76. The molecule has 0 unspecified atom stereocenters. The van der Waals surface area contributed by atoms with E-state index in [0.29, 0.717) is 0 Å². The molecule has 0 aliphatic carbocycles. The van der Waals surface area contributed by atoms with E-state index in [1.165, 1.54) is 12.8 Å². The van der Waals surface area contributed by atoms with E-state index in [2.05, 4.69) is 17.2 Å². The molecule has 72 valence electrons. The summed E-state index contributed by atoms with van der Waals surface area (Å²) in [4.78, 5) is 4.02. The summed E-state index contributed by atoms with van der Waals surface area (Å²) in [5.74, 6) is 0. The number of nitrogens with one attached hydrogen (secondary N) is 1. The number of hydrogen-bond acceptors (Lipinski definition) is 3. The predicted molar refractivity (Wildman–Crippen MR) is 55.3 cm³/mol. The van der Waals surface area contributed by atoms with Gasteiger partial charge in [-0.05, 0) is 19.0 Å². The van der Waals surface area contributed by atoms with Crippen molar-refractivity contribution in [3.05, 3.63) is 24.0 Å². The van der Waals surface area contributed by atoms with Gasteiger partial charge in [-0.3, -0.25) is 4.98 Å². The van der Waals surface area contributed by atoms with Crippen LogP contribution >= 0.6 is 0 Å². The van der Waals surface area contributed by atoms with E-state index in [1.807, 2.05) is 12.3 Å². The van der Waals surface area contributed by atoms with Crippen molar-refractivity contribution < 1.29 is 0 Å². The molecule has 1 rings (SSSR count). The Morgan fingerprint density at radius 2 is 2.38 bits per heavy atom. The van der Waals surface area contributed by atoms with E-state index < -0.39 is 0 Å². The molecule has 0 bridgehead atoms. The van der Waals surface area contributed by atoms with Crippen LogP contribution in [0.2, 0.25) is 0 Å². The fourth-order valence-corrected chi connectivity index (χ4v) is 1.11. The molecule has 13 heavy (non-hydrogen) atoms. The van der Waals surface area contributed by atoms with Gasteiger partial charge in [0.2, 0.25) is 0 Å². The van der Waals surface area contributed by atoms with Gasteiger partial charge in [0.05, 0.1) is 0 Å². The van der Waals surface area contributed by atoms with Crippen molar-refractivity contribution in [3.8, 4) is 0 Å². The zero-order valence-electron chi connectivity index (χ0n) is 8.09. The lowest BCUT2D eigenvalue weighted by atomic mass is 10.2. The van der Waals surface area contributed by atoms with Crippen LogP contribution in [0.3, 0.4) is 0 Å². The number of anilines is 1. The Bertz CT molecular complexity index is 248. The topological polar surface area (TPSA) is 50.9 Å². The van der Waals surface area contributed by atoms with E-state index in [-0.39, 0.29) is 0 Å². The minimum Gasteiger partial charge on any atom is -0.398 e. The molecular formula is C10H17N3. The average molecular weight is 179 g/mol. The lowest BCUT2D eigenvalue weighted by Gasteiger charge is -2.05. The highest BCUT2D eigenvalue weighted by Gasteiger charge is 1.96. The first kappa shape index (κ1) is 9.99. The largest absolute Gasteiger partial charge is 0.398 e. The lowest BCUT2D eigenvalue weighted by Crippen LogP contribution is -2.15. The Balaban J connectivity index is 2.32. The second kappa shape index (κ2) is 5.54. The summed E-state index contributed by atoms with van der Waals surface area (Å²) in [6.45, 7) is 4.05. The second-order valence-electron chi connectivity index (χ2n) is 3.10. The van der Waals surface area contributed by atoms with Crippen molar-refractivity contribution in [1.29, 1.82) is 0 Å². The van der Waals surface area contributed by atoms with Crippen LogP contribution < -0.4 is 11.1 Å². The molecule has 0 aromatic carbocycles. The van der Waals surface area contributed by atoms with E-state index in [1.54, 1.807) is 6.20 Å². The summed E-state index contributed by atoms with van der Waals surface area (Å²) in [5.41, 5.74) is 7.66. The van der Waals surface area contributed by atoms with Crippen molar-refractivity contribution in [2.75, 3.05) is 12.3 Å². The number of hydrogen-bond donors (Lipinski definition) is 2. The minimum absolute atomic E-state index is 0.819. The van der Waals surface area contributed by atoms with Crippen molar-refractivity contribution in [1.82, 2.24) is 10.3 Å². The summed E-state index contributed by atoms with van der Waals surface area (Å²) >= 11 is 0. The zero-order chi connectivity index (χ0) is 9.52. The third-order valence-electron chi connectivity index (χ3n) is 1.96. The van der Waals surface area contributed by atoms with Gasteiger partial charge in [0.1, 0.15) is 0 Å². The number of aromatic nitrogens is 1. The molecule has 0 aliphatic rings. The Labute approximate surface area is 79.4 Å². The number of nitrogens with zero attached hydrogens (tertiary/aromatic N) is 1. The molecular weight excluding hydrogens is 162 g/mol. The third kappa shape index (κ3) is 3.42. The maximum Gasteiger partial charge on any atom is 0.0390 e. The number of rotatable bonds is 5. The number of nitrogens with two attached hydrogens (primary N) is 1. The fourth-order valence-electron chi connectivity index (χ4n) is 1.11. The van der Waals surface area contributed by atoms with Gasteiger partial charge >= 0.3 is 0 Å². The van der Waals surface area contributed by atoms with Crippen LogP contribution in [0, 0.1) is 0 Å². The molecule has 0 atom stereocenters. The third-order valence-corrected chi connectivity index (χ3v) is 1.96. The van der Waals surface area contributed by atoms with E-state index in [0.717, 1.165) is 24.3 Å². The summed E-state index contributed by atoms with van der Waals surface area (Å²) in [6, 6.07) is 1.83. The quantitative estimate of drug-likeness (QED) is 0.674. The molecule has 0 spiro atoms. The van der Waals surface area contributed by atoms with Gasteiger partial charge in [-0.2, -0.15) is 0 Å². The first-order valence-corrected chi connectivity index (χ1v) is 4.73. The van der Waals surface area contributed by atoms with Crippen LogP contribution in [0.5, 0.6) is 0 Å². The first-order chi connectivity index (χ1) is 6.34. The smallest absolute Gasteiger partial charge is 0.0390 e. The Morgan fingerprint density at radius 1 is 1.54 bits per heavy atom. The fraction of sp³-hybridized carbons (Fsp3) is 0.500. The molecule has 1 heterocycles. The SMILES string of the molecule is CCCCNCc1cnccc1N. The number of nitrogen functional groups attached to an aromatic ring is 1. The summed E-state index contributed by atoms with van der Waals surface area (Å²) in [7, 11) is 0. The van der Waals surface area contributed by atoms with Crippen LogP contribution in [-0.2, 0) is 6.54 Å². The average Bonchev–Trinajstić information content (AvgIpc) is 2.15. The molecule has 0 amide bonds. The highest BCUT2D eigenvalue weighted by atomic mass is 14.9. The molecule has 1 aromatic rings. The number of pyridine rings is 1. The molecule has 3 heteroatoms. The predicted octanol–water partition coefficient (Wildman–Crippen LogP) is 1.55. The van der Waals surface area contributed by atoms with Gasteiger partial charge in [0.25, 0.3) is 0 Å². The van der Waals surface area contributed by atoms with Crippen molar-refractivity contribution in [2.24, 2.45) is 0 Å². The Kier molecular flexibility index (Phi) is 4.26. The summed E-state index contributed by atoms with van der Waals surface area (Å²) < 4.78 is 0. The van der Waals surface area contributed by atoms with Gasteiger partial charge in [0, 0.05) is 30.2 Å². The van der Waals surface area contributed by atoms with Crippen molar-refractivity contribution in [2.45, 2.75) is 26.3 Å². The van der Waals surface area contributed by atoms with E-state index in [4.69, 9.17) is 5.73 Å². The molecule has 3 N–H and O–H groups in total. The minimum atomic E-state index is 0.819. The Morgan fingerprint density at radius 3 is 3.08 bits per heavy atom. The van der Waals surface area contributed by atoms with Crippen LogP contribution in [0.4, 0.5) is 5.69 Å². The van der Waals surface area contributed by atoms with E-state index >= 15 is 0 Å².